The average Bonchev–Trinajstić information content (AvgIpc) is 2.02. The van der Waals surface area contributed by atoms with E-state index in [4.69, 9.17) is 4.74 Å². The van der Waals surface area contributed by atoms with Crippen LogP contribution in [0.5, 0.6) is 0 Å². The van der Waals surface area contributed by atoms with Gasteiger partial charge in [0.2, 0.25) is 0 Å². The highest BCUT2D eigenvalue weighted by Gasteiger charge is 2.39. The van der Waals surface area contributed by atoms with Gasteiger partial charge in [-0.3, -0.25) is 5.32 Å². The van der Waals surface area contributed by atoms with E-state index in [0.29, 0.717) is 12.1 Å². The molecule has 2 heterocycles. The number of hydrogen-bond donors (Lipinski definition) is 1. The van der Waals surface area contributed by atoms with E-state index in [-0.39, 0.29) is 5.72 Å². The van der Waals surface area contributed by atoms with Crippen molar-refractivity contribution in [3.8, 4) is 0 Å². The lowest BCUT2D eigenvalue weighted by Gasteiger charge is -2.46. The Bertz CT molecular complexity index is 168. The maximum Gasteiger partial charge on any atom is 0.121 e. The predicted molar refractivity (Wildman–Crippen MR) is 57.1 cm³/mol. The molecule has 0 aromatic heterocycles. The summed E-state index contributed by atoms with van der Waals surface area (Å²) in [6.07, 6.45) is 3.92. The monoisotopic (exact) mass is 201 g/mol. The molecule has 2 rings (SSSR count). The molecule has 2 nitrogen and oxygen atoms in total. The van der Waals surface area contributed by atoms with E-state index in [2.05, 4.69) is 19.2 Å². The highest BCUT2D eigenvalue weighted by molar-refractivity contribution is 7.99. The zero-order chi connectivity index (χ0) is 9.31. The second-order valence-electron chi connectivity index (χ2n) is 4.32. The Labute approximate surface area is 84.8 Å². The van der Waals surface area contributed by atoms with E-state index >= 15 is 0 Å². The number of thioether (sulfide) groups is 1. The minimum atomic E-state index is 0.0301. The van der Waals surface area contributed by atoms with Gasteiger partial charge < -0.3 is 4.74 Å². The molecule has 13 heavy (non-hydrogen) atoms. The molecule has 0 amide bonds. The summed E-state index contributed by atoms with van der Waals surface area (Å²) in [5, 5.41) is 3.63. The first-order valence-electron chi connectivity index (χ1n) is 5.23. The molecule has 2 saturated heterocycles. The molecule has 76 valence electrons. The summed E-state index contributed by atoms with van der Waals surface area (Å²) < 4.78 is 6.06. The van der Waals surface area contributed by atoms with Crippen LogP contribution in [0.2, 0.25) is 0 Å². The zero-order valence-electron chi connectivity index (χ0n) is 8.51. The van der Waals surface area contributed by atoms with E-state index in [1.54, 1.807) is 0 Å². The first kappa shape index (κ1) is 9.81. The molecule has 2 aliphatic heterocycles. The van der Waals surface area contributed by atoms with E-state index in [1.807, 2.05) is 11.8 Å². The van der Waals surface area contributed by atoms with Crippen molar-refractivity contribution in [2.24, 2.45) is 0 Å². The van der Waals surface area contributed by atoms with E-state index in [9.17, 15) is 0 Å². The van der Waals surface area contributed by atoms with Crippen LogP contribution in [0.3, 0.4) is 0 Å². The van der Waals surface area contributed by atoms with Crippen molar-refractivity contribution >= 4 is 11.8 Å². The Morgan fingerprint density at radius 3 is 2.62 bits per heavy atom. The van der Waals surface area contributed by atoms with Crippen LogP contribution in [0, 0.1) is 0 Å². The quantitative estimate of drug-likeness (QED) is 0.647. The fourth-order valence-corrected chi connectivity index (χ4v) is 3.59. The number of rotatable bonds is 0. The van der Waals surface area contributed by atoms with Crippen LogP contribution < -0.4 is 5.32 Å². The smallest absolute Gasteiger partial charge is 0.121 e. The van der Waals surface area contributed by atoms with Crippen LogP contribution in [0.15, 0.2) is 0 Å². The van der Waals surface area contributed by atoms with Gasteiger partial charge in [0.15, 0.2) is 0 Å². The number of ether oxygens (including phenoxy) is 1. The molecule has 0 aromatic rings. The van der Waals surface area contributed by atoms with E-state index < -0.39 is 0 Å². The van der Waals surface area contributed by atoms with Crippen LogP contribution in [0.1, 0.15) is 33.1 Å². The Hall–Kier alpha value is 0.270. The van der Waals surface area contributed by atoms with Gasteiger partial charge in [-0.1, -0.05) is 0 Å². The Kier molecular flexibility index (Phi) is 2.86. The topological polar surface area (TPSA) is 21.3 Å². The summed E-state index contributed by atoms with van der Waals surface area (Å²) in [6.45, 7) is 4.46. The molecule has 2 unspecified atom stereocenters. The molecule has 0 radical (unpaired) electrons. The maximum atomic E-state index is 6.06. The van der Waals surface area contributed by atoms with Gasteiger partial charge >= 0.3 is 0 Å². The normalized spacial score (nSPS) is 39.2. The van der Waals surface area contributed by atoms with E-state index in [0.717, 1.165) is 6.42 Å². The van der Waals surface area contributed by atoms with Crippen molar-refractivity contribution in [3.05, 3.63) is 0 Å². The summed E-state index contributed by atoms with van der Waals surface area (Å²) in [7, 11) is 0. The molecule has 0 bridgehead atoms. The summed E-state index contributed by atoms with van der Waals surface area (Å²) in [5.41, 5.74) is 0.0301. The van der Waals surface area contributed by atoms with Gasteiger partial charge in [0, 0.05) is 6.04 Å². The van der Waals surface area contributed by atoms with Crippen molar-refractivity contribution in [2.75, 3.05) is 11.5 Å². The van der Waals surface area contributed by atoms with Gasteiger partial charge in [-0.15, -0.1) is 0 Å². The Morgan fingerprint density at radius 1 is 1.31 bits per heavy atom. The van der Waals surface area contributed by atoms with Crippen molar-refractivity contribution in [1.82, 2.24) is 5.32 Å². The standard InChI is InChI=1S/C10H19NOS/c1-8-7-9(2)12-10(11-8)3-5-13-6-4-10/h8-9,11H,3-7H2,1-2H3. The summed E-state index contributed by atoms with van der Waals surface area (Å²) in [4.78, 5) is 0. The fraction of sp³-hybridized carbons (Fsp3) is 1.00. The molecule has 0 aromatic carbocycles. The van der Waals surface area contributed by atoms with Crippen LogP contribution in [0.25, 0.3) is 0 Å². The lowest BCUT2D eigenvalue weighted by atomic mass is 9.99. The second kappa shape index (κ2) is 3.79. The zero-order valence-corrected chi connectivity index (χ0v) is 9.32. The molecular weight excluding hydrogens is 182 g/mol. The highest BCUT2D eigenvalue weighted by Crippen LogP contribution is 2.33. The highest BCUT2D eigenvalue weighted by atomic mass is 32.2. The van der Waals surface area contributed by atoms with Crippen molar-refractivity contribution in [2.45, 2.75) is 51.0 Å². The summed E-state index contributed by atoms with van der Waals surface area (Å²) in [6, 6.07) is 0.617. The van der Waals surface area contributed by atoms with Gasteiger partial charge in [-0.05, 0) is 44.6 Å². The molecule has 0 aliphatic carbocycles. The number of nitrogens with one attached hydrogen (secondary N) is 1. The summed E-state index contributed by atoms with van der Waals surface area (Å²) in [5.74, 6) is 2.49. The maximum absolute atomic E-state index is 6.06. The molecule has 1 N–H and O–H groups in total. The molecule has 3 heteroatoms. The van der Waals surface area contributed by atoms with Crippen molar-refractivity contribution in [1.29, 1.82) is 0 Å². The van der Waals surface area contributed by atoms with Crippen LogP contribution in [-0.2, 0) is 4.74 Å². The molecule has 2 atom stereocenters. The van der Waals surface area contributed by atoms with Gasteiger partial charge in [-0.2, -0.15) is 11.8 Å². The lowest BCUT2D eigenvalue weighted by Crippen LogP contribution is -2.59. The third kappa shape index (κ3) is 2.20. The predicted octanol–water partition coefficient (Wildman–Crippen LogP) is 2.00. The SMILES string of the molecule is CC1CC(C)OC2(CCSCC2)N1. The van der Waals surface area contributed by atoms with Crippen molar-refractivity contribution < 1.29 is 4.74 Å². The minimum absolute atomic E-state index is 0.0301. The minimum Gasteiger partial charge on any atom is -0.358 e. The van der Waals surface area contributed by atoms with Gasteiger partial charge in [0.1, 0.15) is 5.72 Å². The molecule has 0 saturated carbocycles. The van der Waals surface area contributed by atoms with Gasteiger partial charge in [-0.25, -0.2) is 0 Å². The lowest BCUT2D eigenvalue weighted by molar-refractivity contribution is -0.151. The second-order valence-corrected chi connectivity index (χ2v) is 5.54. The van der Waals surface area contributed by atoms with Gasteiger partial charge in [0.25, 0.3) is 0 Å². The average molecular weight is 201 g/mol. The van der Waals surface area contributed by atoms with E-state index in [1.165, 1.54) is 24.3 Å². The van der Waals surface area contributed by atoms with Crippen molar-refractivity contribution in [3.63, 3.8) is 0 Å². The van der Waals surface area contributed by atoms with Gasteiger partial charge in [0.05, 0.1) is 6.10 Å². The number of hydrogen-bond acceptors (Lipinski definition) is 3. The third-order valence-corrected chi connectivity index (χ3v) is 3.91. The molecular formula is C10H19NOS. The largest absolute Gasteiger partial charge is 0.358 e. The Balaban J connectivity index is 2.02. The molecule has 2 aliphatic rings. The van der Waals surface area contributed by atoms with Crippen LogP contribution in [-0.4, -0.2) is 29.4 Å². The first-order chi connectivity index (χ1) is 6.20. The molecule has 1 spiro atoms. The molecule has 2 fully saturated rings. The Morgan fingerprint density at radius 2 is 2.00 bits per heavy atom. The fourth-order valence-electron chi connectivity index (χ4n) is 2.44. The first-order valence-corrected chi connectivity index (χ1v) is 6.39. The summed E-state index contributed by atoms with van der Waals surface area (Å²) >= 11 is 2.04. The van der Waals surface area contributed by atoms with Crippen LogP contribution >= 0.6 is 11.8 Å². The third-order valence-electron chi connectivity index (χ3n) is 2.92. The van der Waals surface area contributed by atoms with Crippen LogP contribution in [0.4, 0.5) is 0 Å².